The number of rotatable bonds is 7. The fraction of sp³-hybridized carbons (Fsp3) is 0.500. The minimum absolute atomic E-state index is 0.356. The normalized spacial score (nSPS) is 12.4. The van der Waals surface area contributed by atoms with Gasteiger partial charge in [0.25, 0.3) is 0 Å². The van der Waals surface area contributed by atoms with Crippen LogP contribution in [0.5, 0.6) is 5.75 Å². The van der Waals surface area contributed by atoms with Crippen molar-refractivity contribution in [1.82, 2.24) is 5.32 Å². The first-order valence-corrected chi connectivity index (χ1v) is 6.12. The van der Waals surface area contributed by atoms with Gasteiger partial charge in [0.05, 0.1) is 7.11 Å². The average molecular weight is 251 g/mol. The Hall–Kier alpha value is -1.55. The van der Waals surface area contributed by atoms with Crippen LogP contribution in [0.4, 0.5) is 0 Å². The van der Waals surface area contributed by atoms with Crippen molar-refractivity contribution in [3.8, 4) is 5.75 Å². The molecule has 0 aliphatic rings. The lowest BCUT2D eigenvalue weighted by Gasteiger charge is -2.16. The SMILES string of the molecule is COc1ccc(CN[C@H](CC(C)C)C(=O)O)cc1. The molecule has 0 fully saturated rings. The van der Waals surface area contributed by atoms with Crippen LogP contribution >= 0.6 is 0 Å². The monoisotopic (exact) mass is 251 g/mol. The highest BCUT2D eigenvalue weighted by molar-refractivity contribution is 5.73. The maximum atomic E-state index is 11.1. The lowest BCUT2D eigenvalue weighted by Crippen LogP contribution is -2.37. The van der Waals surface area contributed by atoms with Crippen molar-refractivity contribution in [3.63, 3.8) is 0 Å². The first-order chi connectivity index (χ1) is 8.52. The van der Waals surface area contributed by atoms with E-state index in [9.17, 15) is 4.79 Å². The number of carbonyl (C=O) groups is 1. The number of aliphatic carboxylic acids is 1. The Kier molecular flexibility index (Phi) is 5.65. The molecule has 0 saturated carbocycles. The first-order valence-electron chi connectivity index (χ1n) is 6.12. The lowest BCUT2D eigenvalue weighted by atomic mass is 10.0. The topological polar surface area (TPSA) is 58.6 Å². The van der Waals surface area contributed by atoms with Crippen LogP contribution < -0.4 is 10.1 Å². The van der Waals surface area contributed by atoms with Gasteiger partial charge in [-0.15, -0.1) is 0 Å². The molecule has 0 saturated heterocycles. The lowest BCUT2D eigenvalue weighted by molar-refractivity contribution is -0.140. The summed E-state index contributed by atoms with van der Waals surface area (Å²) in [4.78, 5) is 11.1. The summed E-state index contributed by atoms with van der Waals surface area (Å²) in [7, 11) is 1.62. The fourth-order valence-corrected chi connectivity index (χ4v) is 1.73. The number of hydrogen-bond acceptors (Lipinski definition) is 3. The Morgan fingerprint density at radius 3 is 2.39 bits per heavy atom. The molecule has 1 aromatic rings. The highest BCUT2D eigenvalue weighted by Gasteiger charge is 2.17. The molecule has 0 bridgehead atoms. The molecule has 1 aromatic carbocycles. The van der Waals surface area contributed by atoms with Gasteiger partial charge < -0.3 is 15.2 Å². The van der Waals surface area contributed by atoms with Crippen molar-refractivity contribution in [3.05, 3.63) is 29.8 Å². The molecule has 0 radical (unpaired) electrons. The number of methoxy groups -OCH3 is 1. The first kappa shape index (κ1) is 14.5. The van der Waals surface area contributed by atoms with Gasteiger partial charge in [-0.3, -0.25) is 4.79 Å². The van der Waals surface area contributed by atoms with Crippen molar-refractivity contribution in [2.45, 2.75) is 32.9 Å². The number of ether oxygens (including phenoxy) is 1. The van der Waals surface area contributed by atoms with E-state index in [0.29, 0.717) is 18.9 Å². The molecular weight excluding hydrogens is 230 g/mol. The van der Waals surface area contributed by atoms with Crippen molar-refractivity contribution in [2.24, 2.45) is 5.92 Å². The van der Waals surface area contributed by atoms with Crippen molar-refractivity contribution in [1.29, 1.82) is 0 Å². The van der Waals surface area contributed by atoms with Crippen LogP contribution in [-0.2, 0) is 11.3 Å². The molecule has 0 amide bonds. The number of carboxylic acids is 1. The number of hydrogen-bond donors (Lipinski definition) is 2. The quantitative estimate of drug-likeness (QED) is 0.780. The van der Waals surface area contributed by atoms with Gasteiger partial charge in [-0.25, -0.2) is 0 Å². The second-order valence-corrected chi connectivity index (χ2v) is 4.75. The zero-order valence-corrected chi connectivity index (χ0v) is 11.1. The Labute approximate surface area is 108 Å². The van der Waals surface area contributed by atoms with E-state index < -0.39 is 12.0 Å². The molecule has 0 heterocycles. The largest absolute Gasteiger partial charge is 0.497 e. The predicted molar refractivity (Wildman–Crippen MR) is 70.7 cm³/mol. The van der Waals surface area contributed by atoms with E-state index in [2.05, 4.69) is 5.32 Å². The molecule has 1 rings (SSSR count). The molecule has 0 aliphatic carbocycles. The molecule has 0 aromatic heterocycles. The zero-order valence-electron chi connectivity index (χ0n) is 11.1. The highest BCUT2D eigenvalue weighted by Crippen LogP contribution is 2.12. The molecule has 0 spiro atoms. The predicted octanol–water partition coefficient (Wildman–Crippen LogP) is 2.28. The third kappa shape index (κ3) is 4.75. The maximum absolute atomic E-state index is 11.1. The van der Waals surface area contributed by atoms with Crippen LogP contribution in [0.2, 0.25) is 0 Å². The van der Waals surface area contributed by atoms with Crippen LogP contribution in [0.25, 0.3) is 0 Å². The second kappa shape index (κ2) is 7.01. The Morgan fingerprint density at radius 1 is 1.33 bits per heavy atom. The van der Waals surface area contributed by atoms with E-state index in [0.717, 1.165) is 11.3 Å². The highest BCUT2D eigenvalue weighted by atomic mass is 16.5. The van der Waals surface area contributed by atoms with E-state index in [1.807, 2.05) is 38.1 Å². The average Bonchev–Trinajstić information content (AvgIpc) is 2.34. The Morgan fingerprint density at radius 2 is 1.94 bits per heavy atom. The van der Waals surface area contributed by atoms with E-state index in [1.165, 1.54) is 0 Å². The van der Waals surface area contributed by atoms with Crippen LogP contribution in [0.15, 0.2) is 24.3 Å². The Balaban J connectivity index is 2.52. The summed E-state index contributed by atoms with van der Waals surface area (Å²) in [5.41, 5.74) is 1.05. The molecule has 4 heteroatoms. The van der Waals surface area contributed by atoms with Gasteiger partial charge >= 0.3 is 5.97 Å². The van der Waals surface area contributed by atoms with Crippen LogP contribution in [0.3, 0.4) is 0 Å². The summed E-state index contributed by atoms with van der Waals surface area (Å²) in [6.07, 6.45) is 0.630. The van der Waals surface area contributed by atoms with Gasteiger partial charge in [0, 0.05) is 6.54 Å². The van der Waals surface area contributed by atoms with E-state index in [-0.39, 0.29) is 0 Å². The molecule has 0 aliphatic heterocycles. The summed E-state index contributed by atoms with van der Waals surface area (Å²) in [6, 6.07) is 7.11. The van der Waals surface area contributed by atoms with Gasteiger partial charge in [-0.05, 0) is 30.0 Å². The van der Waals surface area contributed by atoms with Crippen LogP contribution in [-0.4, -0.2) is 24.2 Å². The Bertz CT molecular complexity index is 373. The third-order valence-electron chi connectivity index (χ3n) is 2.72. The van der Waals surface area contributed by atoms with E-state index in [1.54, 1.807) is 7.11 Å². The third-order valence-corrected chi connectivity index (χ3v) is 2.72. The molecular formula is C14H21NO3. The van der Waals surface area contributed by atoms with E-state index >= 15 is 0 Å². The standard InChI is InChI=1S/C14H21NO3/c1-10(2)8-13(14(16)17)15-9-11-4-6-12(18-3)7-5-11/h4-7,10,13,15H,8-9H2,1-3H3,(H,16,17)/t13-/m1/s1. The van der Waals surface area contributed by atoms with E-state index in [4.69, 9.17) is 9.84 Å². The maximum Gasteiger partial charge on any atom is 0.320 e. The van der Waals surface area contributed by atoms with Gasteiger partial charge in [0.1, 0.15) is 11.8 Å². The molecule has 100 valence electrons. The van der Waals surface area contributed by atoms with Crippen LogP contribution in [0.1, 0.15) is 25.8 Å². The van der Waals surface area contributed by atoms with Gasteiger partial charge in [0.2, 0.25) is 0 Å². The smallest absolute Gasteiger partial charge is 0.320 e. The summed E-state index contributed by atoms with van der Waals surface area (Å²) in [5, 5.41) is 12.2. The fourth-order valence-electron chi connectivity index (χ4n) is 1.73. The summed E-state index contributed by atoms with van der Waals surface area (Å²) >= 11 is 0. The van der Waals surface area contributed by atoms with Crippen LogP contribution in [0, 0.1) is 5.92 Å². The summed E-state index contributed by atoms with van der Waals surface area (Å²) in [5.74, 6) is 0.363. The molecule has 0 unspecified atom stereocenters. The summed E-state index contributed by atoms with van der Waals surface area (Å²) < 4.78 is 5.07. The molecule has 2 N–H and O–H groups in total. The second-order valence-electron chi connectivity index (χ2n) is 4.75. The molecule has 1 atom stereocenters. The number of nitrogens with one attached hydrogen (secondary N) is 1. The molecule has 4 nitrogen and oxygen atoms in total. The summed E-state index contributed by atoms with van der Waals surface area (Å²) in [6.45, 7) is 4.59. The van der Waals surface area contributed by atoms with Crippen molar-refractivity contribution < 1.29 is 14.6 Å². The number of benzene rings is 1. The number of carboxylic acid groups (broad SMARTS) is 1. The van der Waals surface area contributed by atoms with Gasteiger partial charge in [0.15, 0.2) is 0 Å². The van der Waals surface area contributed by atoms with Crippen molar-refractivity contribution >= 4 is 5.97 Å². The minimum atomic E-state index is -0.794. The van der Waals surface area contributed by atoms with Crippen molar-refractivity contribution in [2.75, 3.05) is 7.11 Å². The minimum Gasteiger partial charge on any atom is -0.497 e. The van der Waals surface area contributed by atoms with Gasteiger partial charge in [-0.2, -0.15) is 0 Å². The zero-order chi connectivity index (χ0) is 13.5. The van der Waals surface area contributed by atoms with Gasteiger partial charge in [-0.1, -0.05) is 26.0 Å². The molecule has 18 heavy (non-hydrogen) atoms.